The summed E-state index contributed by atoms with van der Waals surface area (Å²) in [6.07, 6.45) is 0. The van der Waals surface area contributed by atoms with E-state index in [1.54, 1.807) is 13.2 Å². The Morgan fingerprint density at radius 2 is 1.86 bits per heavy atom. The first-order valence-electron chi connectivity index (χ1n) is 7.09. The Morgan fingerprint density at radius 1 is 1.14 bits per heavy atom. The van der Waals surface area contributed by atoms with Crippen molar-refractivity contribution in [1.29, 1.82) is 0 Å². The highest BCUT2D eigenvalue weighted by molar-refractivity contribution is 5.95. The lowest BCUT2D eigenvalue weighted by molar-refractivity contribution is 0.0684. The van der Waals surface area contributed by atoms with Gasteiger partial charge in [0.15, 0.2) is 0 Å². The Bertz CT molecular complexity index is 821. The van der Waals surface area contributed by atoms with E-state index in [0.717, 1.165) is 16.5 Å². The van der Waals surface area contributed by atoms with Crippen LogP contribution in [0.1, 0.15) is 29.0 Å². The largest absolute Gasteiger partial charge is 0.497 e. The Morgan fingerprint density at radius 3 is 2.50 bits per heavy atom. The highest BCUT2D eigenvalue weighted by Crippen LogP contribution is 2.30. The Hall–Kier alpha value is -2.75. The van der Waals surface area contributed by atoms with Gasteiger partial charge >= 0.3 is 5.97 Å². The van der Waals surface area contributed by atoms with Crippen LogP contribution in [0.3, 0.4) is 0 Å². The van der Waals surface area contributed by atoms with Crippen molar-refractivity contribution in [2.24, 2.45) is 0 Å². The summed E-state index contributed by atoms with van der Waals surface area (Å²) in [6.45, 7) is 2.00. The molecule has 2 aromatic carbocycles. The number of rotatable bonds is 4. The summed E-state index contributed by atoms with van der Waals surface area (Å²) in [5.41, 5.74) is 2.19. The van der Waals surface area contributed by atoms with Crippen LogP contribution in [0.4, 0.5) is 0 Å². The van der Waals surface area contributed by atoms with Crippen LogP contribution in [0.2, 0.25) is 0 Å². The standard InChI is InChI=1S/C18H17NO3/c1-12(13-6-4-3-5-7-13)19-16-11-15(22-2)9-8-14(16)10-17(19)18(20)21/h3-12H,1-2H3,(H,20,21). The molecule has 22 heavy (non-hydrogen) atoms. The van der Waals surface area contributed by atoms with Crippen LogP contribution in [0.15, 0.2) is 54.6 Å². The first kappa shape index (κ1) is 14.2. The number of aromatic carboxylic acids is 1. The molecule has 0 saturated carbocycles. The van der Waals surface area contributed by atoms with Crippen molar-refractivity contribution < 1.29 is 14.6 Å². The Kier molecular flexibility index (Phi) is 3.59. The molecule has 1 atom stereocenters. The van der Waals surface area contributed by atoms with E-state index in [2.05, 4.69) is 0 Å². The maximum atomic E-state index is 11.6. The van der Waals surface area contributed by atoms with Crippen LogP contribution in [0.25, 0.3) is 10.9 Å². The summed E-state index contributed by atoms with van der Waals surface area (Å²) < 4.78 is 7.11. The minimum Gasteiger partial charge on any atom is -0.497 e. The van der Waals surface area contributed by atoms with E-state index in [-0.39, 0.29) is 11.7 Å². The van der Waals surface area contributed by atoms with Crippen molar-refractivity contribution in [3.63, 3.8) is 0 Å². The van der Waals surface area contributed by atoms with Crippen molar-refractivity contribution in [3.05, 3.63) is 65.9 Å². The summed E-state index contributed by atoms with van der Waals surface area (Å²) in [7, 11) is 1.60. The molecule has 0 aliphatic heterocycles. The average Bonchev–Trinajstić information content (AvgIpc) is 2.93. The fourth-order valence-electron chi connectivity index (χ4n) is 2.79. The third-order valence-electron chi connectivity index (χ3n) is 3.94. The van der Waals surface area contributed by atoms with Gasteiger partial charge in [0, 0.05) is 11.5 Å². The van der Waals surface area contributed by atoms with E-state index in [4.69, 9.17) is 4.74 Å². The topological polar surface area (TPSA) is 51.5 Å². The summed E-state index contributed by atoms with van der Waals surface area (Å²) in [6, 6.07) is 17.1. The van der Waals surface area contributed by atoms with Gasteiger partial charge in [0.05, 0.1) is 18.7 Å². The van der Waals surface area contributed by atoms with Gasteiger partial charge in [0.2, 0.25) is 0 Å². The molecule has 0 saturated heterocycles. The normalized spacial score (nSPS) is 12.3. The molecule has 1 heterocycles. The molecule has 0 spiro atoms. The number of hydrogen-bond donors (Lipinski definition) is 1. The average molecular weight is 295 g/mol. The minimum atomic E-state index is -0.932. The second-order valence-corrected chi connectivity index (χ2v) is 5.22. The van der Waals surface area contributed by atoms with Gasteiger partial charge < -0.3 is 14.4 Å². The molecule has 0 radical (unpaired) electrons. The number of ether oxygens (including phenoxy) is 1. The molecule has 4 nitrogen and oxygen atoms in total. The number of methoxy groups -OCH3 is 1. The Labute approximate surface area is 128 Å². The summed E-state index contributed by atoms with van der Waals surface area (Å²) in [5.74, 6) is -0.220. The molecular formula is C18H17NO3. The van der Waals surface area contributed by atoms with Gasteiger partial charge in [-0.15, -0.1) is 0 Å². The summed E-state index contributed by atoms with van der Waals surface area (Å²) in [5, 5.41) is 10.4. The third-order valence-corrected chi connectivity index (χ3v) is 3.94. The monoisotopic (exact) mass is 295 g/mol. The lowest BCUT2D eigenvalue weighted by Crippen LogP contribution is -2.13. The van der Waals surface area contributed by atoms with Crippen LogP contribution in [-0.2, 0) is 0 Å². The fraction of sp³-hybridized carbons (Fsp3) is 0.167. The van der Waals surface area contributed by atoms with E-state index < -0.39 is 5.97 Å². The predicted molar refractivity (Wildman–Crippen MR) is 85.7 cm³/mol. The van der Waals surface area contributed by atoms with Crippen LogP contribution in [0, 0.1) is 0 Å². The molecule has 0 aliphatic rings. The van der Waals surface area contributed by atoms with Gasteiger partial charge in [-0.25, -0.2) is 4.79 Å². The van der Waals surface area contributed by atoms with Crippen LogP contribution in [-0.4, -0.2) is 22.8 Å². The number of aromatic nitrogens is 1. The third kappa shape index (κ3) is 2.33. The van der Waals surface area contributed by atoms with Gasteiger partial charge in [0.25, 0.3) is 0 Å². The van der Waals surface area contributed by atoms with E-state index >= 15 is 0 Å². The first-order valence-corrected chi connectivity index (χ1v) is 7.09. The molecule has 0 bridgehead atoms. The zero-order chi connectivity index (χ0) is 15.7. The number of carboxylic acids is 1. The van der Waals surface area contributed by atoms with E-state index in [1.165, 1.54) is 0 Å². The molecule has 1 aromatic heterocycles. The van der Waals surface area contributed by atoms with E-state index in [1.807, 2.05) is 60.0 Å². The maximum absolute atomic E-state index is 11.6. The molecule has 0 aliphatic carbocycles. The van der Waals surface area contributed by atoms with Crippen molar-refractivity contribution >= 4 is 16.9 Å². The minimum absolute atomic E-state index is 0.0862. The number of nitrogens with zero attached hydrogens (tertiary/aromatic N) is 1. The molecule has 0 fully saturated rings. The molecule has 112 valence electrons. The quantitative estimate of drug-likeness (QED) is 0.792. The highest BCUT2D eigenvalue weighted by Gasteiger charge is 2.20. The second kappa shape index (κ2) is 5.56. The Balaban J connectivity index is 2.25. The van der Waals surface area contributed by atoms with Crippen molar-refractivity contribution in [3.8, 4) is 5.75 Å². The van der Waals surface area contributed by atoms with Gasteiger partial charge in [-0.2, -0.15) is 0 Å². The zero-order valence-corrected chi connectivity index (χ0v) is 12.5. The smallest absolute Gasteiger partial charge is 0.352 e. The van der Waals surface area contributed by atoms with E-state index in [0.29, 0.717) is 5.75 Å². The molecule has 1 unspecified atom stereocenters. The number of carboxylic acid groups (broad SMARTS) is 1. The first-order chi connectivity index (χ1) is 10.6. The number of hydrogen-bond acceptors (Lipinski definition) is 2. The lowest BCUT2D eigenvalue weighted by atomic mass is 10.1. The fourth-order valence-corrected chi connectivity index (χ4v) is 2.79. The zero-order valence-electron chi connectivity index (χ0n) is 12.5. The number of fused-ring (bicyclic) bond motifs is 1. The maximum Gasteiger partial charge on any atom is 0.352 e. The molecule has 3 aromatic rings. The van der Waals surface area contributed by atoms with E-state index in [9.17, 15) is 9.90 Å². The molecular weight excluding hydrogens is 278 g/mol. The van der Waals surface area contributed by atoms with Crippen LogP contribution < -0.4 is 4.74 Å². The van der Waals surface area contributed by atoms with Crippen molar-refractivity contribution in [1.82, 2.24) is 4.57 Å². The lowest BCUT2D eigenvalue weighted by Gasteiger charge is -2.18. The second-order valence-electron chi connectivity index (χ2n) is 5.22. The molecule has 0 amide bonds. The summed E-state index contributed by atoms with van der Waals surface area (Å²) >= 11 is 0. The molecule has 4 heteroatoms. The van der Waals surface area contributed by atoms with Crippen LogP contribution in [0.5, 0.6) is 5.75 Å². The van der Waals surface area contributed by atoms with Crippen LogP contribution >= 0.6 is 0 Å². The number of carbonyl (C=O) groups is 1. The van der Waals surface area contributed by atoms with Crippen molar-refractivity contribution in [2.75, 3.05) is 7.11 Å². The predicted octanol–water partition coefficient (Wildman–Crippen LogP) is 3.96. The summed E-state index contributed by atoms with van der Waals surface area (Å²) in [4.78, 5) is 11.6. The van der Waals surface area contributed by atoms with Gasteiger partial charge in [-0.1, -0.05) is 30.3 Å². The van der Waals surface area contributed by atoms with Gasteiger partial charge in [-0.3, -0.25) is 0 Å². The van der Waals surface area contributed by atoms with Crippen molar-refractivity contribution in [2.45, 2.75) is 13.0 Å². The molecule has 1 N–H and O–H groups in total. The van der Waals surface area contributed by atoms with Gasteiger partial charge in [0.1, 0.15) is 11.4 Å². The van der Waals surface area contributed by atoms with Gasteiger partial charge in [-0.05, 0) is 30.7 Å². The number of benzene rings is 2. The SMILES string of the molecule is COc1ccc2cc(C(=O)O)n(C(C)c3ccccc3)c2c1. The highest BCUT2D eigenvalue weighted by atomic mass is 16.5. The molecule has 3 rings (SSSR count).